The molecule has 0 spiro atoms. The van der Waals surface area contributed by atoms with E-state index in [1.54, 1.807) is 17.5 Å². The number of fused-ring (bicyclic) bond motifs is 1. The summed E-state index contributed by atoms with van der Waals surface area (Å²) in [5.74, 6) is 2.29. The predicted molar refractivity (Wildman–Crippen MR) is 116 cm³/mol. The molecule has 0 fully saturated rings. The molecule has 0 atom stereocenters. The van der Waals surface area contributed by atoms with E-state index >= 15 is 0 Å². The Morgan fingerprint density at radius 1 is 1.17 bits per heavy atom. The standard InChI is InChI=1S/C21H25N5O2S/c1-4-18(29-15-1)7-9-22-21(23-10-12-26-11-2-8-24-26)25-17-5-6-19-20(16-17)28-14-3-13-27-19/h1-2,4-6,8,11,15-16H,3,7,9-10,12-14H2,(H2,22,23,25). The van der Waals surface area contributed by atoms with Crippen LogP contribution in [0, 0.1) is 0 Å². The fourth-order valence-corrected chi connectivity index (χ4v) is 3.67. The van der Waals surface area contributed by atoms with Gasteiger partial charge in [0.1, 0.15) is 0 Å². The lowest BCUT2D eigenvalue weighted by Gasteiger charge is -2.14. The molecule has 0 unspecified atom stereocenters. The van der Waals surface area contributed by atoms with Crippen LogP contribution >= 0.6 is 11.3 Å². The highest BCUT2D eigenvalue weighted by atomic mass is 32.1. The summed E-state index contributed by atoms with van der Waals surface area (Å²) in [6, 6.07) is 12.0. The minimum atomic E-state index is 0.667. The van der Waals surface area contributed by atoms with E-state index in [2.05, 4.69) is 33.2 Å². The van der Waals surface area contributed by atoms with Crippen molar-refractivity contribution in [2.45, 2.75) is 19.4 Å². The molecule has 0 saturated heterocycles. The summed E-state index contributed by atoms with van der Waals surface area (Å²) in [6.07, 6.45) is 5.55. The van der Waals surface area contributed by atoms with E-state index in [4.69, 9.17) is 14.5 Å². The molecule has 0 aliphatic carbocycles. The molecule has 0 radical (unpaired) electrons. The lowest BCUT2D eigenvalue weighted by Crippen LogP contribution is -2.33. The summed E-state index contributed by atoms with van der Waals surface area (Å²) in [6.45, 7) is 3.55. The maximum Gasteiger partial charge on any atom is 0.195 e. The summed E-state index contributed by atoms with van der Waals surface area (Å²) < 4.78 is 13.4. The molecule has 29 heavy (non-hydrogen) atoms. The summed E-state index contributed by atoms with van der Waals surface area (Å²) >= 11 is 1.76. The number of anilines is 1. The molecule has 1 aliphatic heterocycles. The van der Waals surface area contributed by atoms with Crippen molar-refractivity contribution >= 4 is 23.0 Å². The minimum absolute atomic E-state index is 0.667. The third kappa shape index (κ3) is 5.74. The zero-order valence-corrected chi connectivity index (χ0v) is 17.0. The fraction of sp³-hybridized carbons (Fsp3) is 0.333. The first-order chi connectivity index (χ1) is 14.4. The minimum Gasteiger partial charge on any atom is -0.490 e. The highest BCUT2D eigenvalue weighted by molar-refractivity contribution is 7.09. The van der Waals surface area contributed by atoms with Gasteiger partial charge in [-0.1, -0.05) is 6.07 Å². The first-order valence-electron chi connectivity index (χ1n) is 9.82. The molecule has 2 aromatic heterocycles. The lowest BCUT2D eigenvalue weighted by molar-refractivity contribution is 0.297. The van der Waals surface area contributed by atoms with Crippen LogP contribution in [0.1, 0.15) is 11.3 Å². The van der Waals surface area contributed by atoms with Crippen LogP contribution in [0.3, 0.4) is 0 Å². The molecule has 0 amide bonds. The molecule has 2 N–H and O–H groups in total. The molecular weight excluding hydrogens is 386 g/mol. The van der Waals surface area contributed by atoms with Crippen LogP contribution in [0.15, 0.2) is 59.2 Å². The smallest absolute Gasteiger partial charge is 0.195 e. The first-order valence-corrected chi connectivity index (χ1v) is 10.7. The molecule has 8 heteroatoms. The highest BCUT2D eigenvalue weighted by Crippen LogP contribution is 2.32. The second kappa shape index (κ2) is 9.97. The second-order valence-corrected chi connectivity index (χ2v) is 7.62. The van der Waals surface area contributed by atoms with Crippen LogP contribution < -0.4 is 20.1 Å². The molecule has 0 bridgehead atoms. The third-order valence-corrected chi connectivity index (χ3v) is 5.35. The van der Waals surface area contributed by atoms with Crippen molar-refractivity contribution < 1.29 is 9.47 Å². The molecule has 152 valence electrons. The molecule has 3 heterocycles. The van der Waals surface area contributed by atoms with Gasteiger partial charge in [-0.2, -0.15) is 5.10 Å². The lowest BCUT2D eigenvalue weighted by atomic mass is 10.2. The number of nitrogens with zero attached hydrogens (tertiary/aromatic N) is 3. The SMILES string of the molecule is c1csc(CCN=C(NCCn2cccn2)Nc2ccc3c(c2)OCCCO3)c1. The number of benzene rings is 1. The van der Waals surface area contributed by atoms with Crippen LogP contribution in [0.4, 0.5) is 5.69 Å². The number of aliphatic imine (C=N–C) groups is 1. The van der Waals surface area contributed by atoms with Crippen molar-refractivity contribution in [1.29, 1.82) is 0 Å². The summed E-state index contributed by atoms with van der Waals surface area (Å²) in [4.78, 5) is 6.08. The molecule has 7 nitrogen and oxygen atoms in total. The Balaban J connectivity index is 1.41. The van der Waals surface area contributed by atoms with E-state index in [-0.39, 0.29) is 0 Å². The molecule has 3 aromatic rings. The van der Waals surface area contributed by atoms with Crippen molar-refractivity contribution in [3.63, 3.8) is 0 Å². The van der Waals surface area contributed by atoms with Crippen molar-refractivity contribution in [3.8, 4) is 11.5 Å². The van der Waals surface area contributed by atoms with Gasteiger partial charge in [0.25, 0.3) is 0 Å². The van der Waals surface area contributed by atoms with E-state index in [9.17, 15) is 0 Å². The van der Waals surface area contributed by atoms with Gasteiger partial charge >= 0.3 is 0 Å². The highest BCUT2D eigenvalue weighted by Gasteiger charge is 2.11. The van der Waals surface area contributed by atoms with Gasteiger partial charge < -0.3 is 20.1 Å². The van der Waals surface area contributed by atoms with E-state index < -0.39 is 0 Å². The fourth-order valence-electron chi connectivity index (χ4n) is 2.97. The van der Waals surface area contributed by atoms with Crippen LogP contribution in [-0.2, 0) is 13.0 Å². The van der Waals surface area contributed by atoms with E-state index in [0.29, 0.717) is 19.8 Å². The van der Waals surface area contributed by atoms with E-state index in [1.807, 2.05) is 35.1 Å². The van der Waals surface area contributed by atoms with Gasteiger partial charge in [-0.15, -0.1) is 11.3 Å². The van der Waals surface area contributed by atoms with Crippen LogP contribution in [0.5, 0.6) is 11.5 Å². The largest absolute Gasteiger partial charge is 0.490 e. The molecule has 0 saturated carbocycles. The summed E-state index contributed by atoms with van der Waals surface area (Å²) in [5.41, 5.74) is 0.913. The molecule has 1 aliphatic rings. The maximum absolute atomic E-state index is 5.80. The van der Waals surface area contributed by atoms with Gasteiger partial charge in [-0.3, -0.25) is 9.67 Å². The number of thiophene rings is 1. The quantitative estimate of drug-likeness (QED) is 0.460. The Kier molecular flexibility index (Phi) is 6.64. The Labute approximate surface area is 174 Å². The second-order valence-electron chi connectivity index (χ2n) is 6.59. The Hall–Kier alpha value is -3.00. The van der Waals surface area contributed by atoms with Gasteiger partial charge in [0, 0.05) is 55.0 Å². The van der Waals surface area contributed by atoms with Crippen LogP contribution in [-0.4, -0.2) is 42.0 Å². The molecule has 1 aromatic carbocycles. The maximum atomic E-state index is 5.80. The van der Waals surface area contributed by atoms with Crippen LogP contribution in [0.2, 0.25) is 0 Å². The van der Waals surface area contributed by atoms with Crippen LogP contribution in [0.25, 0.3) is 0 Å². The normalized spacial score (nSPS) is 13.7. The zero-order valence-electron chi connectivity index (χ0n) is 16.2. The van der Waals surface area contributed by atoms with Crippen molar-refractivity contribution in [2.24, 2.45) is 4.99 Å². The number of hydrogen-bond donors (Lipinski definition) is 2. The van der Waals surface area contributed by atoms with Gasteiger partial charge in [0.05, 0.1) is 19.8 Å². The van der Waals surface area contributed by atoms with Gasteiger partial charge in [-0.25, -0.2) is 0 Å². The van der Waals surface area contributed by atoms with E-state index in [0.717, 1.165) is 49.1 Å². The Morgan fingerprint density at radius 2 is 2.10 bits per heavy atom. The molecule has 4 rings (SSSR count). The average molecular weight is 412 g/mol. The van der Waals surface area contributed by atoms with Gasteiger partial charge in [-0.05, 0) is 29.6 Å². The van der Waals surface area contributed by atoms with Gasteiger partial charge in [0.15, 0.2) is 17.5 Å². The number of nitrogens with one attached hydrogen (secondary N) is 2. The number of ether oxygens (including phenoxy) is 2. The van der Waals surface area contributed by atoms with Gasteiger partial charge in [0.2, 0.25) is 0 Å². The van der Waals surface area contributed by atoms with E-state index in [1.165, 1.54) is 4.88 Å². The zero-order chi connectivity index (χ0) is 19.7. The third-order valence-electron chi connectivity index (χ3n) is 4.41. The summed E-state index contributed by atoms with van der Waals surface area (Å²) in [5, 5.41) is 13.1. The monoisotopic (exact) mass is 411 g/mol. The van der Waals surface area contributed by atoms with Crippen molar-refractivity contribution in [1.82, 2.24) is 15.1 Å². The summed E-state index contributed by atoms with van der Waals surface area (Å²) in [7, 11) is 0. The average Bonchev–Trinajstić information content (AvgIpc) is 3.39. The first kappa shape index (κ1) is 19.3. The number of hydrogen-bond acceptors (Lipinski definition) is 5. The topological polar surface area (TPSA) is 72.7 Å². The van der Waals surface area contributed by atoms with Crippen molar-refractivity contribution in [3.05, 3.63) is 59.0 Å². The Morgan fingerprint density at radius 3 is 2.93 bits per heavy atom. The Bertz CT molecular complexity index is 909. The number of aromatic nitrogens is 2. The molecular formula is C21H25N5O2S. The predicted octanol–water partition coefficient (Wildman–Crippen LogP) is 3.41. The number of guanidine groups is 1. The van der Waals surface area contributed by atoms with Crippen molar-refractivity contribution in [2.75, 3.05) is 31.6 Å². The number of rotatable bonds is 7.